The lowest BCUT2D eigenvalue weighted by Crippen LogP contribution is -2.16. The van der Waals surface area contributed by atoms with Gasteiger partial charge in [0.05, 0.1) is 17.4 Å². The third-order valence-electron chi connectivity index (χ3n) is 2.93. The number of para-hydroxylation sites is 2. The van der Waals surface area contributed by atoms with Gasteiger partial charge in [0.1, 0.15) is 5.75 Å². The van der Waals surface area contributed by atoms with Crippen molar-refractivity contribution in [3.05, 3.63) is 54.1 Å². The predicted octanol–water partition coefficient (Wildman–Crippen LogP) is 4.84. The summed E-state index contributed by atoms with van der Waals surface area (Å²) in [6, 6.07) is 15.1. The highest BCUT2D eigenvalue weighted by atomic mass is 32.2. The number of hydrogen-bond acceptors (Lipinski definition) is 3. The lowest BCUT2D eigenvalue weighted by molar-refractivity contribution is 0.102. The third kappa shape index (κ3) is 4.28. The van der Waals surface area contributed by atoms with Gasteiger partial charge in [0, 0.05) is 4.90 Å². The summed E-state index contributed by atoms with van der Waals surface area (Å²) in [6.07, 6.45) is 0.0249. The van der Waals surface area contributed by atoms with Crippen molar-refractivity contribution in [1.29, 1.82) is 0 Å². The molecule has 2 rings (SSSR count). The van der Waals surface area contributed by atoms with Crippen molar-refractivity contribution in [3.63, 3.8) is 0 Å². The average Bonchev–Trinajstić information content (AvgIpc) is 2.49. The first kappa shape index (κ1) is 16.4. The topological polar surface area (TPSA) is 38.3 Å². The molecule has 116 valence electrons. The van der Waals surface area contributed by atoms with E-state index in [1.807, 2.05) is 56.3 Å². The normalized spacial score (nSPS) is 10.5. The minimum absolute atomic E-state index is 0.0249. The quantitative estimate of drug-likeness (QED) is 0.775. The summed E-state index contributed by atoms with van der Waals surface area (Å²) in [7, 11) is 0. The van der Waals surface area contributed by atoms with E-state index in [9.17, 15) is 4.79 Å². The Morgan fingerprint density at radius 1 is 1.14 bits per heavy atom. The molecule has 0 aliphatic heterocycles. The van der Waals surface area contributed by atoms with Gasteiger partial charge in [0.15, 0.2) is 0 Å². The molecule has 0 spiro atoms. The number of carbonyl (C=O) groups excluding carboxylic acids is 1. The van der Waals surface area contributed by atoms with Gasteiger partial charge in [-0.1, -0.05) is 31.2 Å². The van der Waals surface area contributed by atoms with E-state index in [2.05, 4.69) is 12.2 Å². The molecule has 4 heteroatoms. The number of carbonyl (C=O) groups is 1. The van der Waals surface area contributed by atoms with E-state index in [0.29, 0.717) is 11.3 Å². The molecule has 0 atom stereocenters. The molecule has 0 saturated carbocycles. The molecule has 0 saturated heterocycles. The van der Waals surface area contributed by atoms with Gasteiger partial charge in [0.25, 0.3) is 5.91 Å². The van der Waals surface area contributed by atoms with Gasteiger partial charge in [-0.05, 0) is 43.9 Å². The highest BCUT2D eigenvalue weighted by Crippen LogP contribution is 2.28. The standard InChI is InChI=1S/C18H21NO2S/c1-4-22-17-12-8-6-10-15(17)19-18(20)14-9-5-7-11-16(14)21-13(2)3/h5-13H,4H2,1-3H3,(H,19,20). The Balaban J connectivity index is 2.23. The molecule has 1 amide bonds. The van der Waals surface area contributed by atoms with Crippen LogP contribution in [0.25, 0.3) is 0 Å². The van der Waals surface area contributed by atoms with Crippen LogP contribution in [-0.4, -0.2) is 17.8 Å². The van der Waals surface area contributed by atoms with Gasteiger partial charge >= 0.3 is 0 Å². The smallest absolute Gasteiger partial charge is 0.259 e. The molecule has 0 aliphatic carbocycles. The summed E-state index contributed by atoms with van der Waals surface area (Å²) in [5.74, 6) is 1.41. The van der Waals surface area contributed by atoms with Crippen LogP contribution in [0, 0.1) is 0 Å². The van der Waals surface area contributed by atoms with Crippen molar-refractivity contribution < 1.29 is 9.53 Å². The molecular weight excluding hydrogens is 294 g/mol. The maximum atomic E-state index is 12.6. The van der Waals surface area contributed by atoms with Crippen LogP contribution in [0.5, 0.6) is 5.75 Å². The predicted molar refractivity (Wildman–Crippen MR) is 93.0 cm³/mol. The summed E-state index contributed by atoms with van der Waals surface area (Å²) >= 11 is 1.71. The Morgan fingerprint density at radius 2 is 1.82 bits per heavy atom. The number of benzene rings is 2. The van der Waals surface area contributed by atoms with Crippen molar-refractivity contribution in [1.82, 2.24) is 0 Å². The van der Waals surface area contributed by atoms with Gasteiger partial charge in [-0.3, -0.25) is 4.79 Å². The second-order valence-corrected chi connectivity index (χ2v) is 6.35. The average molecular weight is 315 g/mol. The molecule has 0 heterocycles. The monoisotopic (exact) mass is 315 g/mol. The van der Waals surface area contributed by atoms with Crippen LogP contribution in [0.4, 0.5) is 5.69 Å². The van der Waals surface area contributed by atoms with Crippen molar-refractivity contribution in [2.45, 2.75) is 31.8 Å². The molecule has 0 bridgehead atoms. The number of amides is 1. The summed E-state index contributed by atoms with van der Waals surface area (Å²) in [6.45, 7) is 5.98. The Morgan fingerprint density at radius 3 is 2.55 bits per heavy atom. The van der Waals surface area contributed by atoms with E-state index in [1.54, 1.807) is 17.8 Å². The Hall–Kier alpha value is -1.94. The highest BCUT2D eigenvalue weighted by Gasteiger charge is 2.14. The largest absolute Gasteiger partial charge is 0.490 e. The molecule has 2 aromatic rings. The van der Waals surface area contributed by atoms with Crippen molar-refractivity contribution in [2.75, 3.05) is 11.1 Å². The zero-order chi connectivity index (χ0) is 15.9. The van der Waals surface area contributed by atoms with Gasteiger partial charge in [-0.15, -0.1) is 11.8 Å². The molecular formula is C18H21NO2S. The summed E-state index contributed by atoms with van der Waals surface area (Å²) in [5.41, 5.74) is 1.38. The molecule has 22 heavy (non-hydrogen) atoms. The number of anilines is 1. The van der Waals surface area contributed by atoms with Crippen LogP contribution in [0.15, 0.2) is 53.4 Å². The van der Waals surface area contributed by atoms with E-state index >= 15 is 0 Å². The first-order valence-electron chi connectivity index (χ1n) is 7.40. The van der Waals surface area contributed by atoms with E-state index in [0.717, 1.165) is 16.3 Å². The molecule has 1 N–H and O–H groups in total. The molecule has 3 nitrogen and oxygen atoms in total. The molecule has 0 fully saturated rings. The zero-order valence-electron chi connectivity index (χ0n) is 13.1. The molecule has 0 unspecified atom stereocenters. The second-order valence-electron chi connectivity index (χ2n) is 5.05. The number of rotatable bonds is 6. The van der Waals surface area contributed by atoms with E-state index in [1.165, 1.54) is 0 Å². The third-order valence-corrected chi connectivity index (χ3v) is 3.89. The molecule has 2 aromatic carbocycles. The highest BCUT2D eigenvalue weighted by molar-refractivity contribution is 7.99. The van der Waals surface area contributed by atoms with E-state index < -0.39 is 0 Å². The first-order chi connectivity index (χ1) is 10.6. The SMILES string of the molecule is CCSc1ccccc1NC(=O)c1ccccc1OC(C)C. The number of nitrogens with one attached hydrogen (secondary N) is 1. The zero-order valence-corrected chi connectivity index (χ0v) is 13.9. The maximum Gasteiger partial charge on any atom is 0.259 e. The van der Waals surface area contributed by atoms with Gasteiger partial charge in [0.2, 0.25) is 0 Å². The Labute approximate surface area is 136 Å². The van der Waals surface area contributed by atoms with Crippen molar-refractivity contribution >= 4 is 23.4 Å². The molecule has 0 aliphatic rings. The minimum atomic E-state index is -0.152. The van der Waals surface area contributed by atoms with Crippen LogP contribution >= 0.6 is 11.8 Å². The van der Waals surface area contributed by atoms with E-state index in [4.69, 9.17) is 4.74 Å². The number of ether oxygens (including phenoxy) is 1. The summed E-state index contributed by atoms with van der Waals surface area (Å²) in [4.78, 5) is 13.6. The van der Waals surface area contributed by atoms with Crippen LogP contribution < -0.4 is 10.1 Å². The van der Waals surface area contributed by atoms with Gasteiger partial charge in [-0.2, -0.15) is 0 Å². The molecule has 0 aromatic heterocycles. The minimum Gasteiger partial charge on any atom is -0.490 e. The number of hydrogen-bond donors (Lipinski definition) is 1. The summed E-state index contributed by atoms with van der Waals surface area (Å²) < 4.78 is 5.72. The molecule has 0 radical (unpaired) electrons. The second kappa shape index (κ2) is 7.90. The fraction of sp³-hybridized carbons (Fsp3) is 0.278. The Kier molecular flexibility index (Phi) is 5.90. The first-order valence-corrected chi connectivity index (χ1v) is 8.39. The van der Waals surface area contributed by atoms with Crippen LogP contribution in [0.1, 0.15) is 31.1 Å². The fourth-order valence-corrected chi connectivity index (χ4v) is 2.81. The van der Waals surface area contributed by atoms with Gasteiger partial charge < -0.3 is 10.1 Å². The van der Waals surface area contributed by atoms with Crippen LogP contribution in [0.2, 0.25) is 0 Å². The van der Waals surface area contributed by atoms with Crippen LogP contribution in [-0.2, 0) is 0 Å². The van der Waals surface area contributed by atoms with Gasteiger partial charge in [-0.25, -0.2) is 0 Å². The van der Waals surface area contributed by atoms with Crippen molar-refractivity contribution in [2.24, 2.45) is 0 Å². The lowest BCUT2D eigenvalue weighted by atomic mass is 10.1. The van der Waals surface area contributed by atoms with E-state index in [-0.39, 0.29) is 12.0 Å². The summed E-state index contributed by atoms with van der Waals surface area (Å²) in [5, 5.41) is 2.99. The number of thioether (sulfide) groups is 1. The van der Waals surface area contributed by atoms with Crippen LogP contribution in [0.3, 0.4) is 0 Å². The fourth-order valence-electron chi connectivity index (χ4n) is 2.05. The Bertz CT molecular complexity index is 640. The lowest BCUT2D eigenvalue weighted by Gasteiger charge is -2.15. The van der Waals surface area contributed by atoms with Crippen molar-refractivity contribution in [3.8, 4) is 5.75 Å². The maximum absolute atomic E-state index is 12.6.